The molecule has 2 N–H and O–H groups in total. The van der Waals surface area contributed by atoms with E-state index in [0.717, 1.165) is 0 Å². The Labute approximate surface area is 43.7 Å². The third-order valence-electron chi connectivity index (χ3n) is 0.829. The Bertz CT molecular complexity index is 70.5. The van der Waals surface area contributed by atoms with Crippen LogP contribution in [0.2, 0.25) is 0 Å². The number of nitrogens with two attached hydrogens (primary N) is 1. The molecule has 41 valence electrons. The third kappa shape index (κ3) is 2.34. The van der Waals surface area contributed by atoms with Gasteiger partial charge < -0.3 is 5.73 Å². The molecule has 0 heterocycles. The molecule has 1 unspecified atom stereocenters. The van der Waals surface area contributed by atoms with E-state index in [-0.39, 0.29) is 11.8 Å². The van der Waals surface area contributed by atoms with Crippen LogP contribution in [0.1, 0.15) is 13.8 Å². The zero-order valence-corrected chi connectivity index (χ0v) is 4.64. The fourth-order valence-corrected chi connectivity index (χ4v) is 0.235. The van der Waals surface area contributed by atoms with Crippen LogP contribution in [-0.2, 0) is 4.79 Å². The van der Waals surface area contributed by atoms with Crippen molar-refractivity contribution in [2.45, 2.75) is 19.9 Å². The maximum absolute atomic E-state index is 10.2. The van der Waals surface area contributed by atoms with E-state index in [2.05, 4.69) is 0 Å². The van der Waals surface area contributed by atoms with Gasteiger partial charge in [0, 0.05) is 0 Å². The summed E-state index contributed by atoms with van der Waals surface area (Å²) in [6, 6.07) is -0.361. The maximum atomic E-state index is 10.2. The highest BCUT2D eigenvalue weighted by molar-refractivity contribution is 5.82. The van der Waals surface area contributed by atoms with Crippen molar-refractivity contribution in [3.63, 3.8) is 0 Å². The van der Waals surface area contributed by atoms with E-state index in [1.807, 2.05) is 0 Å². The minimum absolute atomic E-state index is 0.0162. The topological polar surface area (TPSA) is 43.1 Å². The largest absolute Gasteiger partial charge is 0.321 e. The van der Waals surface area contributed by atoms with Gasteiger partial charge in [-0.25, -0.2) is 0 Å². The molecule has 1 radical (unpaired) electrons. The van der Waals surface area contributed by atoms with E-state index in [1.165, 1.54) is 6.92 Å². The van der Waals surface area contributed by atoms with Gasteiger partial charge in [0.25, 0.3) is 0 Å². The minimum atomic E-state index is -0.361. The number of hydrogen-bond acceptors (Lipinski definition) is 2. The van der Waals surface area contributed by atoms with E-state index in [9.17, 15) is 4.79 Å². The summed E-state index contributed by atoms with van der Waals surface area (Å²) in [4.78, 5) is 10.2. The van der Waals surface area contributed by atoms with Crippen molar-refractivity contribution in [3.8, 4) is 0 Å². The molecule has 0 spiro atoms. The Morgan fingerprint density at radius 3 is 2.29 bits per heavy atom. The summed E-state index contributed by atoms with van der Waals surface area (Å²) in [6.07, 6.45) is 1.67. The molecule has 0 saturated heterocycles. The fraction of sp³-hybridized carbons (Fsp3) is 0.600. The molecule has 0 amide bonds. The monoisotopic (exact) mass is 100 g/mol. The van der Waals surface area contributed by atoms with E-state index < -0.39 is 0 Å². The van der Waals surface area contributed by atoms with Crippen LogP contribution < -0.4 is 5.73 Å². The van der Waals surface area contributed by atoms with Gasteiger partial charge in [-0.15, -0.1) is 0 Å². The second kappa shape index (κ2) is 2.75. The summed E-state index contributed by atoms with van der Waals surface area (Å²) < 4.78 is 0. The van der Waals surface area contributed by atoms with Crippen LogP contribution in [0.5, 0.6) is 0 Å². The van der Waals surface area contributed by atoms with Crippen molar-refractivity contribution >= 4 is 5.78 Å². The molecule has 2 nitrogen and oxygen atoms in total. The standard InChI is InChI=1S/C5H10NO/c1-3-5(6)4(2)7/h3,5H,6H2,1-2H3. The van der Waals surface area contributed by atoms with Crippen LogP contribution >= 0.6 is 0 Å². The summed E-state index contributed by atoms with van der Waals surface area (Å²) in [6.45, 7) is 3.25. The van der Waals surface area contributed by atoms with Gasteiger partial charge in [0.05, 0.1) is 6.04 Å². The lowest BCUT2D eigenvalue weighted by Gasteiger charge is -1.98. The fourth-order valence-electron chi connectivity index (χ4n) is 0.235. The van der Waals surface area contributed by atoms with Crippen molar-refractivity contribution in [2.75, 3.05) is 0 Å². The Morgan fingerprint density at radius 2 is 2.29 bits per heavy atom. The average Bonchev–Trinajstić information content (AvgIpc) is 1.65. The van der Waals surface area contributed by atoms with Crippen LogP contribution in [0.15, 0.2) is 0 Å². The molecule has 0 aromatic heterocycles. The molecule has 0 aromatic rings. The van der Waals surface area contributed by atoms with Gasteiger partial charge in [-0.05, 0) is 13.3 Å². The van der Waals surface area contributed by atoms with Crippen LogP contribution in [-0.4, -0.2) is 11.8 Å². The van der Waals surface area contributed by atoms with Gasteiger partial charge in [-0.2, -0.15) is 0 Å². The number of rotatable bonds is 2. The van der Waals surface area contributed by atoms with Crippen molar-refractivity contribution in [1.82, 2.24) is 0 Å². The summed E-state index contributed by atoms with van der Waals surface area (Å²) in [5.41, 5.74) is 5.21. The second-order valence-electron chi connectivity index (χ2n) is 1.47. The highest BCUT2D eigenvalue weighted by Crippen LogP contribution is 1.82. The van der Waals surface area contributed by atoms with Gasteiger partial charge in [0.1, 0.15) is 5.78 Å². The van der Waals surface area contributed by atoms with Gasteiger partial charge >= 0.3 is 0 Å². The van der Waals surface area contributed by atoms with Gasteiger partial charge in [0.15, 0.2) is 0 Å². The number of Topliss-reactive ketones (excluding diaryl/α,β-unsaturated/α-hetero) is 1. The van der Waals surface area contributed by atoms with Crippen LogP contribution in [0.4, 0.5) is 0 Å². The summed E-state index contributed by atoms with van der Waals surface area (Å²) >= 11 is 0. The highest BCUT2D eigenvalue weighted by Gasteiger charge is 2.01. The van der Waals surface area contributed by atoms with Crippen molar-refractivity contribution in [1.29, 1.82) is 0 Å². The van der Waals surface area contributed by atoms with Crippen LogP contribution in [0, 0.1) is 6.42 Å². The Kier molecular flexibility index (Phi) is 2.60. The zero-order chi connectivity index (χ0) is 5.86. The molecule has 0 rings (SSSR count). The number of ketones is 1. The Balaban J connectivity index is 3.34. The van der Waals surface area contributed by atoms with Gasteiger partial charge in [0.2, 0.25) is 0 Å². The average molecular weight is 100 g/mol. The quantitative estimate of drug-likeness (QED) is 0.536. The first-order valence-electron chi connectivity index (χ1n) is 2.24. The lowest BCUT2D eigenvalue weighted by molar-refractivity contribution is -0.117. The molecule has 7 heavy (non-hydrogen) atoms. The van der Waals surface area contributed by atoms with Crippen molar-refractivity contribution < 1.29 is 4.79 Å². The molecule has 0 fully saturated rings. The number of carbonyl (C=O) groups excluding carboxylic acids is 1. The predicted octanol–water partition coefficient (Wildman–Crippen LogP) is 0.127. The Morgan fingerprint density at radius 1 is 1.86 bits per heavy atom. The molecule has 0 aliphatic rings. The van der Waals surface area contributed by atoms with Crippen molar-refractivity contribution in [2.24, 2.45) is 5.73 Å². The van der Waals surface area contributed by atoms with Gasteiger partial charge in [-0.1, -0.05) is 6.92 Å². The van der Waals surface area contributed by atoms with Gasteiger partial charge in [-0.3, -0.25) is 4.79 Å². The first kappa shape index (κ1) is 6.63. The molecular weight excluding hydrogens is 90.1 g/mol. The highest BCUT2D eigenvalue weighted by atomic mass is 16.1. The lowest BCUT2D eigenvalue weighted by atomic mass is 10.2. The molecule has 2 heteroatoms. The lowest BCUT2D eigenvalue weighted by Crippen LogP contribution is -2.27. The normalized spacial score (nSPS) is 13.6. The first-order chi connectivity index (χ1) is 3.18. The SMILES string of the molecule is C[CH]C(N)C(C)=O. The molecule has 0 aliphatic heterocycles. The van der Waals surface area contributed by atoms with Crippen LogP contribution in [0.3, 0.4) is 0 Å². The first-order valence-corrected chi connectivity index (χ1v) is 2.24. The van der Waals surface area contributed by atoms with E-state index in [1.54, 1.807) is 13.3 Å². The second-order valence-corrected chi connectivity index (χ2v) is 1.47. The van der Waals surface area contributed by atoms with E-state index in [4.69, 9.17) is 5.73 Å². The van der Waals surface area contributed by atoms with E-state index >= 15 is 0 Å². The van der Waals surface area contributed by atoms with Crippen LogP contribution in [0.25, 0.3) is 0 Å². The summed E-state index contributed by atoms with van der Waals surface area (Å²) in [5, 5.41) is 0. The smallest absolute Gasteiger partial charge is 0.146 e. The zero-order valence-electron chi connectivity index (χ0n) is 4.64. The van der Waals surface area contributed by atoms with E-state index in [0.29, 0.717) is 0 Å². The minimum Gasteiger partial charge on any atom is -0.321 e. The number of carbonyl (C=O) groups is 1. The summed E-state index contributed by atoms with van der Waals surface area (Å²) in [7, 11) is 0. The molecule has 0 bridgehead atoms. The predicted molar refractivity (Wildman–Crippen MR) is 28.6 cm³/mol. The third-order valence-corrected chi connectivity index (χ3v) is 0.829. The number of hydrogen-bond donors (Lipinski definition) is 1. The molecular formula is C5H10NO. The molecule has 1 atom stereocenters. The Hall–Kier alpha value is -0.370. The van der Waals surface area contributed by atoms with Crippen molar-refractivity contribution in [3.05, 3.63) is 6.42 Å². The maximum Gasteiger partial charge on any atom is 0.146 e. The molecule has 0 aromatic carbocycles. The molecule has 0 saturated carbocycles. The summed E-state index contributed by atoms with van der Waals surface area (Å²) in [5.74, 6) is 0.0162. The molecule has 0 aliphatic carbocycles.